The molecule has 18 nitrogen and oxygen atoms in total. The Morgan fingerprint density at radius 3 is 2.80 bits per heavy atom. The van der Waals surface area contributed by atoms with Crippen molar-refractivity contribution in [2.24, 2.45) is 0 Å². The number of hydrogen-bond donors (Lipinski definition) is 4. The van der Waals surface area contributed by atoms with Gasteiger partial charge >= 0.3 is 12.9 Å². The van der Waals surface area contributed by atoms with Crippen LogP contribution in [0.5, 0.6) is 0 Å². The molecule has 0 aliphatic carbocycles. The molecule has 2 aliphatic rings. The molecule has 212 valence electrons. The first-order chi connectivity index (χ1) is 19.1. The minimum atomic E-state index is -4.19. The van der Waals surface area contributed by atoms with Crippen LogP contribution in [-0.4, -0.2) is 81.7 Å². The standard InChI is InChI=1S/C19H20FN10O8PS/c20-9-7-3-35-19(32)34-2-1-29-8(26-10-13(21)23-5-24-14(10)29)4-36-39(33,40)38-12(9)17(37-7)30-6-25-11-15(30)27-18(22)28-16(11)31/h5-7,9,12,17H,1-4H2,(H,33,40)(H2,21,23,24)(H3,22,27,28,31)/t7-,9-,12-,17-,39?/m1/s1. The van der Waals surface area contributed by atoms with Gasteiger partial charge in [0.05, 0.1) is 12.9 Å². The number of halogens is 1. The SMILES string of the molecule is Nc1nc2c(ncn2[C@@H]2O[C@@H]3COC(=O)OCCn4c(nc5c(N)ncnc54)COP(O)(=S)O[C@@H]2[C@@H]3F)c(=O)[nH]1. The summed E-state index contributed by atoms with van der Waals surface area (Å²) in [6, 6.07) is 0. The summed E-state index contributed by atoms with van der Waals surface area (Å²) >= 11 is 5.19. The molecule has 1 fully saturated rings. The quantitative estimate of drug-likeness (QED) is 0.161. The molecular weight excluding hydrogens is 578 g/mol. The summed E-state index contributed by atoms with van der Waals surface area (Å²) in [6.45, 7) is -5.33. The minimum Gasteiger partial charge on any atom is -0.432 e. The summed E-state index contributed by atoms with van der Waals surface area (Å²) in [5.41, 5.74) is 11.3. The summed E-state index contributed by atoms with van der Waals surface area (Å²) in [7, 11) is 0. The van der Waals surface area contributed by atoms with Crippen LogP contribution in [0.1, 0.15) is 12.1 Å². The first-order valence-electron chi connectivity index (χ1n) is 11.5. The van der Waals surface area contributed by atoms with E-state index in [2.05, 4.69) is 29.9 Å². The van der Waals surface area contributed by atoms with Gasteiger partial charge in [0.1, 0.15) is 44.2 Å². The molecule has 0 radical (unpaired) electrons. The Kier molecular flexibility index (Phi) is 6.59. The molecule has 6 heterocycles. The number of nitrogens with zero attached hydrogens (tertiary/aromatic N) is 7. The minimum absolute atomic E-state index is 0.0508. The van der Waals surface area contributed by atoms with E-state index in [-0.39, 0.29) is 47.4 Å². The summed E-state index contributed by atoms with van der Waals surface area (Å²) in [4.78, 5) is 58.2. The molecule has 4 aromatic heterocycles. The van der Waals surface area contributed by atoms with Gasteiger partial charge in [-0.15, -0.1) is 0 Å². The first-order valence-corrected chi connectivity index (χ1v) is 14.1. The van der Waals surface area contributed by atoms with Crippen LogP contribution in [0.2, 0.25) is 0 Å². The van der Waals surface area contributed by atoms with Crippen molar-refractivity contribution in [1.29, 1.82) is 0 Å². The van der Waals surface area contributed by atoms with Crippen LogP contribution in [-0.2, 0) is 48.2 Å². The molecule has 40 heavy (non-hydrogen) atoms. The lowest BCUT2D eigenvalue weighted by molar-refractivity contribution is -0.0577. The van der Waals surface area contributed by atoms with Crippen molar-refractivity contribution in [3.8, 4) is 0 Å². The third-order valence-electron chi connectivity index (χ3n) is 6.14. The van der Waals surface area contributed by atoms with Crippen molar-refractivity contribution >= 4 is 58.8 Å². The average molecular weight is 598 g/mol. The van der Waals surface area contributed by atoms with Crippen LogP contribution in [0.3, 0.4) is 0 Å². The lowest BCUT2D eigenvalue weighted by Gasteiger charge is -2.25. The molecule has 0 saturated carbocycles. The van der Waals surface area contributed by atoms with Gasteiger partial charge in [0.2, 0.25) is 5.95 Å². The average Bonchev–Trinajstić information content (AvgIpc) is 3.56. The van der Waals surface area contributed by atoms with Crippen LogP contribution < -0.4 is 17.0 Å². The molecule has 2 bridgehead atoms. The number of nitrogen functional groups attached to an aromatic ring is 2. The molecule has 21 heteroatoms. The number of alkyl halides is 1. The molecular formula is C19H20FN10O8PS. The van der Waals surface area contributed by atoms with E-state index >= 15 is 4.39 Å². The Morgan fingerprint density at radius 2 is 1.98 bits per heavy atom. The summed E-state index contributed by atoms with van der Waals surface area (Å²) < 4.78 is 45.5. The van der Waals surface area contributed by atoms with Gasteiger partial charge in [-0.2, -0.15) is 4.98 Å². The topological polar surface area (TPSA) is 243 Å². The van der Waals surface area contributed by atoms with E-state index in [4.69, 9.17) is 46.5 Å². The van der Waals surface area contributed by atoms with Crippen LogP contribution in [0.4, 0.5) is 21.0 Å². The van der Waals surface area contributed by atoms with Crippen molar-refractivity contribution in [2.45, 2.75) is 37.8 Å². The fourth-order valence-electron chi connectivity index (χ4n) is 4.37. The number of carbonyl (C=O) groups is 1. The number of hydrogen-bond acceptors (Lipinski definition) is 15. The molecule has 2 aliphatic heterocycles. The number of nitrogens with one attached hydrogen (secondary N) is 1. The fourth-order valence-corrected chi connectivity index (χ4v) is 5.70. The van der Waals surface area contributed by atoms with Crippen LogP contribution in [0, 0.1) is 0 Å². The van der Waals surface area contributed by atoms with Gasteiger partial charge in [-0.1, -0.05) is 0 Å². The number of cyclic esters (lactones) is 2. The third kappa shape index (κ3) is 4.73. The molecule has 1 saturated heterocycles. The van der Waals surface area contributed by atoms with Gasteiger partial charge < -0.3 is 39.7 Å². The maximum atomic E-state index is 15.7. The molecule has 4 aromatic rings. The fraction of sp³-hybridized carbons (Fsp3) is 0.421. The lowest BCUT2D eigenvalue weighted by atomic mass is 10.1. The summed E-state index contributed by atoms with van der Waals surface area (Å²) in [5.74, 6) is 0.0408. The predicted molar refractivity (Wildman–Crippen MR) is 135 cm³/mol. The number of aromatic nitrogens is 8. The van der Waals surface area contributed by atoms with E-state index in [0.717, 1.165) is 6.33 Å². The van der Waals surface area contributed by atoms with Gasteiger partial charge in [0.25, 0.3) is 5.56 Å². The van der Waals surface area contributed by atoms with E-state index in [1.807, 2.05) is 0 Å². The van der Waals surface area contributed by atoms with Gasteiger partial charge in [-0.05, 0) is 11.8 Å². The maximum Gasteiger partial charge on any atom is 0.508 e. The maximum absolute atomic E-state index is 15.7. The van der Waals surface area contributed by atoms with Crippen molar-refractivity contribution in [2.75, 3.05) is 24.7 Å². The van der Waals surface area contributed by atoms with E-state index in [1.165, 1.54) is 15.5 Å². The Labute approximate surface area is 226 Å². The Balaban J connectivity index is 1.37. The number of rotatable bonds is 1. The van der Waals surface area contributed by atoms with E-state index in [9.17, 15) is 14.5 Å². The van der Waals surface area contributed by atoms with E-state index in [1.54, 1.807) is 0 Å². The van der Waals surface area contributed by atoms with E-state index in [0.29, 0.717) is 5.65 Å². The zero-order chi connectivity index (χ0) is 28.2. The molecule has 0 spiro atoms. The largest absolute Gasteiger partial charge is 0.508 e. The molecule has 6 N–H and O–H groups in total. The number of nitrogens with two attached hydrogens (primary N) is 2. The number of ether oxygens (including phenoxy) is 3. The number of anilines is 2. The van der Waals surface area contributed by atoms with Gasteiger partial charge in [0, 0.05) is 0 Å². The number of carbonyl (C=O) groups excluding carboxylic acids is 1. The predicted octanol–water partition coefficient (Wildman–Crippen LogP) is -0.355. The molecule has 0 aromatic carbocycles. The Bertz CT molecular complexity index is 1730. The highest BCUT2D eigenvalue weighted by atomic mass is 32.5. The number of fused-ring (bicyclic) bond motifs is 6. The van der Waals surface area contributed by atoms with Crippen molar-refractivity contribution in [3.63, 3.8) is 0 Å². The number of aromatic amines is 1. The second-order valence-corrected chi connectivity index (χ2v) is 11.4. The van der Waals surface area contributed by atoms with Gasteiger partial charge in [-0.3, -0.25) is 18.9 Å². The van der Waals surface area contributed by atoms with Crippen molar-refractivity contribution in [1.82, 2.24) is 39.0 Å². The number of H-pyrrole nitrogens is 1. The Hall–Kier alpha value is -3.81. The third-order valence-corrected chi connectivity index (χ3v) is 7.68. The summed E-state index contributed by atoms with van der Waals surface area (Å²) in [6.07, 6.45) is -5.10. The summed E-state index contributed by atoms with van der Waals surface area (Å²) in [5, 5.41) is 0. The monoisotopic (exact) mass is 598 g/mol. The lowest BCUT2D eigenvalue weighted by Crippen LogP contribution is -2.33. The molecule has 5 atom stereocenters. The van der Waals surface area contributed by atoms with Crippen LogP contribution in [0.25, 0.3) is 22.3 Å². The normalized spacial score (nSPS) is 28.0. The highest BCUT2D eigenvalue weighted by Crippen LogP contribution is 2.51. The van der Waals surface area contributed by atoms with Gasteiger partial charge in [-0.25, -0.2) is 29.1 Å². The van der Waals surface area contributed by atoms with Gasteiger partial charge in [0.15, 0.2) is 40.5 Å². The zero-order valence-electron chi connectivity index (χ0n) is 20.1. The highest BCUT2D eigenvalue weighted by Gasteiger charge is 2.50. The van der Waals surface area contributed by atoms with Crippen LogP contribution in [0.15, 0.2) is 17.4 Å². The molecule has 1 unspecified atom stereocenters. The first kappa shape index (κ1) is 26.4. The number of imidazole rings is 2. The van der Waals surface area contributed by atoms with Crippen molar-refractivity contribution < 1.29 is 37.3 Å². The molecule has 6 rings (SSSR count). The van der Waals surface area contributed by atoms with Crippen molar-refractivity contribution in [3.05, 3.63) is 28.8 Å². The van der Waals surface area contributed by atoms with Crippen LogP contribution >= 0.6 is 6.72 Å². The highest BCUT2D eigenvalue weighted by molar-refractivity contribution is 8.07. The molecule has 0 amide bonds. The zero-order valence-corrected chi connectivity index (χ0v) is 21.8. The smallest absolute Gasteiger partial charge is 0.432 e. The second kappa shape index (κ2) is 9.98. The Morgan fingerprint density at radius 1 is 1.15 bits per heavy atom. The second-order valence-electron chi connectivity index (χ2n) is 8.62. The van der Waals surface area contributed by atoms with E-state index < -0.39 is 56.3 Å².